The first-order chi connectivity index (χ1) is 10.1. The van der Waals surface area contributed by atoms with Gasteiger partial charge in [0.25, 0.3) is 0 Å². The smallest absolute Gasteiger partial charge is 0.165 e. The fraction of sp³-hybridized carbons (Fsp3) is 0.0769. The summed E-state index contributed by atoms with van der Waals surface area (Å²) in [5.41, 5.74) is 12.9. The highest BCUT2D eigenvalue weighted by atomic mass is 32.1. The number of nitrogen functional groups attached to an aromatic ring is 1. The maximum absolute atomic E-state index is 14.3. The van der Waals surface area contributed by atoms with E-state index in [1.54, 1.807) is 29.1 Å². The van der Waals surface area contributed by atoms with Gasteiger partial charge in [0.15, 0.2) is 11.5 Å². The molecule has 0 unspecified atom stereocenters. The molecule has 8 heteroatoms. The second kappa shape index (κ2) is 5.06. The van der Waals surface area contributed by atoms with Crippen molar-refractivity contribution < 1.29 is 4.39 Å². The minimum atomic E-state index is -0.436. The summed E-state index contributed by atoms with van der Waals surface area (Å²) in [5, 5.41) is 0. The molecule has 0 fully saturated rings. The van der Waals surface area contributed by atoms with E-state index in [9.17, 15) is 4.39 Å². The first kappa shape index (κ1) is 13.4. The Morgan fingerprint density at radius 2 is 2.10 bits per heavy atom. The fourth-order valence-corrected chi connectivity index (χ4v) is 2.25. The van der Waals surface area contributed by atoms with Gasteiger partial charge in [-0.15, -0.1) is 0 Å². The molecule has 0 aliphatic heterocycles. The van der Waals surface area contributed by atoms with Gasteiger partial charge >= 0.3 is 0 Å². The van der Waals surface area contributed by atoms with Crippen molar-refractivity contribution >= 4 is 34.2 Å². The number of fused-ring (bicyclic) bond motifs is 1. The number of nitrogens with two attached hydrogens (primary N) is 2. The van der Waals surface area contributed by atoms with Crippen molar-refractivity contribution in [1.29, 1.82) is 0 Å². The van der Waals surface area contributed by atoms with Gasteiger partial charge < -0.3 is 16.0 Å². The van der Waals surface area contributed by atoms with Gasteiger partial charge in [-0.1, -0.05) is 24.4 Å². The molecule has 4 N–H and O–H groups in total. The van der Waals surface area contributed by atoms with Crippen molar-refractivity contribution in [3.8, 4) is 0 Å². The van der Waals surface area contributed by atoms with Crippen LogP contribution in [0.15, 0.2) is 30.9 Å². The van der Waals surface area contributed by atoms with Crippen molar-refractivity contribution in [1.82, 2.24) is 19.5 Å². The average molecular weight is 302 g/mol. The molecule has 21 heavy (non-hydrogen) atoms. The Morgan fingerprint density at radius 3 is 2.86 bits per heavy atom. The minimum absolute atomic E-state index is 0.0245. The molecule has 0 amide bonds. The van der Waals surface area contributed by atoms with E-state index in [1.807, 2.05) is 0 Å². The third kappa shape index (κ3) is 2.29. The summed E-state index contributed by atoms with van der Waals surface area (Å²) in [5.74, 6) is -0.148. The normalized spacial score (nSPS) is 10.9. The van der Waals surface area contributed by atoms with E-state index in [0.29, 0.717) is 16.7 Å². The molecule has 0 atom stereocenters. The Hall–Kier alpha value is -2.61. The molecular weight excluding hydrogens is 291 g/mol. The molecule has 1 aromatic carbocycles. The standard InChI is InChI=1S/C13H11FN6S/c14-9-7(2-1-3-8(9)12(16)21)4-20-6-19-10-11(15)17-5-18-13(10)20/h1-3,5-6H,4H2,(H2,16,21)(H2,15,17,18). The Kier molecular flexibility index (Phi) is 3.22. The lowest BCUT2D eigenvalue weighted by Gasteiger charge is -2.08. The number of hydrogen-bond acceptors (Lipinski definition) is 5. The summed E-state index contributed by atoms with van der Waals surface area (Å²) in [6.07, 6.45) is 2.89. The molecule has 0 bridgehead atoms. The van der Waals surface area contributed by atoms with Crippen molar-refractivity contribution in [2.75, 3.05) is 5.73 Å². The highest BCUT2D eigenvalue weighted by Gasteiger charge is 2.13. The highest BCUT2D eigenvalue weighted by molar-refractivity contribution is 7.80. The van der Waals surface area contributed by atoms with Gasteiger partial charge in [-0.2, -0.15) is 0 Å². The van der Waals surface area contributed by atoms with E-state index in [2.05, 4.69) is 15.0 Å². The van der Waals surface area contributed by atoms with E-state index in [1.165, 1.54) is 6.33 Å². The third-order valence-corrected chi connectivity index (χ3v) is 3.33. The van der Waals surface area contributed by atoms with Gasteiger partial charge in [0.2, 0.25) is 0 Å². The van der Waals surface area contributed by atoms with Crippen LogP contribution in [0.3, 0.4) is 0 Å². The molecule has 0 saturated carbocycles. The molecule has 0 spiro atoms. The van der Waals surface area contributed by atoms with Crippen molar-refractivity contribution in [3.05, 3.63) is 47.8 Å². The summed E-state index contributed by atoms with van der Waals surface area (Å²) in [6, 6.07) is 4.91. The maximum atomic E-state index is 14.3. The second-order valence-electron chi connectivity index (χ2n) is 4.45. The number of imidazole rings is 1. The molecule has 0 aliphatic rings. The SMILES string of the molecule is NC(=S)c1cccc(Cn2cnc3c(N)ncnc32)c1F. The fourth-order valence-electron chi connectivity index (χ4n) is 2.09. The van der Waals surface area contributed by atoms with Gasteiger partial charge in [0.1, 0.15) is 22.6 Å². The monoisotopic (exact) mass is 302 g/mol. The van der Waals surface area contributed by atoms with Crippen LogP contribution in [0.25, 0.3) is 11.2 Å². The van der Waals surface area contributed by atoms with Gasteiger partial charge in [0, 0.05) is 11.1 Å². The molecule has 2 heterocycles. The van der Waals surface area contributed by atoms with Crippen LogP contribution in [0.2, 0.25) is 0 Å². The molecule has 3 aromatic rings. The number of thiocarbonyl (C=S) groups is 1. The molecule has 0 aliphatic carbocycles. The van der Waals surface area contributed by atoms with Crippen molar-refractivity contribution in [2.45, 2.75) is 6.54 Å². The zero-order valence-corrected chi connectivity index (χ0v) is 11.6. The lowest BCUT2D eigenvalue weighted by Crippen LogP contribution is -2.13. The van der Waals surface area contributed by atoms with Crippen LogP contribution in [-0.4, -0.2) is 24.5 Å². The largest absolute Gasteiger partial charge is 0.389 e. The lowest BCUT2D eigenvalue weighted by molar-refractivity contribution is 0.599. The number of rotatable bonds is 3. The number of hydrogen-bond donors (Lipinski definition) is 2. The zero-order chi connectivity index (χ0) is 15.0. The Balaban J connectivity index is 2.05. The quantitative estimate of drug-likeness (QED) is 0.707. The third-order valence-electron chi connectivity index (χ3n) is 3.11. The van der Waals surface area contributed by atoms with E-state index < -0.39 is 5.82 Å². The summed E-state index contributed by atoms with van der Waals surface area (Å²) in [7, 11) is 0. The molecule has 3 rings (SSSR count). The topological polar surface area (TPSA) is 95.6 Å². The van der Waals surface area contributed by atoms with Crippen molar-refractivity contribution in [3.63, 3.8) is 0 Å². The number of anilines is 1. The predicted molar refractivity (Wildman–Crippen MR) is 81.1 cm³/mol. The average Bonchev–Trinajstić information content (AvgIpc) is 2.85. The van der Waals surface area contributed by atoms with Crippen LogP contribution in [-0.2, 0) is 6.54 Å². The van der Waals surface area contributed by atoms with Gasteiger partial charge in [-0.25, -0.2) is 19.3 Å². The molecule has 2 aromatic heterocycles. The first-order valence-corrected chi connectivity index (χ1v) is 6.47. The summed E-state index contributed by atoms with van der Waals surface area (Å²) in [6.45, 7) is 0.245. The van der Waals surface area contributed by atoms with Crippen LogP contribution < -0.4 is 11.5 Å². The van der Waals surface area contributed by atoms with Crippen LogP contribution in [0, 0.1) is 5.82 Å². The Labute approximate surface area is 124 Å². The molecular formula is C13H11FN6S. The van der Waals surface area contributed by atoms with Gasteiger partial charge in [0.05, 0.1) is 12.9 Å². The van der Waals surface area contributed by atoms with E-state index in [0.717, 1.165) is 0 Å². The van der Waals surface area contributed by atoms with Crippen LogP contribution in [0.1, 0.15) is 11.1 Å². The van der Waals surface area contributed by atoms with Gasteiger partial charge in [-0.05, 0) is 6.07 Å². The summed E-state index contributed by atoms with van der Waals surface area (Å²) >= 11 is 4.83. The van der Waals surface area contributed by atoms with Crippen LogP contribution >= 0.6 is 12.2 Å². The Morgan fingerprint density at radius 1 is 1.29 bits per heavy atom. The highest BCUT2D eigenvalue weighted by Crippen LogP contribution is 2.18. The van der Waals surface area contributed by atoms with Crippen LogP contribution in [0.5, 0.6) is 0 Å². The molecule has 6 nitrogen and oxygen atoms in total. The van der Waals surface area contributed by atoms with E-state index in [-0.39, 0.29) is 22.9 Å². The number of benzene rings is 1. The second-order valence-corrected chi connectivity index (χ2v) is 4.89. The zero-order valence-electron chi connectivity index (χ0n) is 10.8. The van der Waals surface area contributed by atoms with Crippen molar-refractivity contribution in [2.24, 2.45) is 5.73 Å². The minimum Gasteiger partial charge on any atom is -0.389 e. The maximum Gasteiger partial charge on any atom is 0.165 e. The summed E-state index contributed by atoms with van der Waals surface area (Å²) in [4.78, 5) is 12.2. The molecule has 0 saturated heterocycles. The van der Waals surface area contributed by atoms with Crippen LogP contribution in [0.4, 0.5) is 10.2 Å². The summed E-state index contributed by atoms with van der Waals surface area (Å²) < 4.78 is 16.0. The molecule has 106 valence electrons. The van der Waals surface area contributed by atoms with E-state index in [4.69, 9.17) is 23.7 Å². The number of aromatic nitrogens is 4. The number of halogens is 1. The van der Waals surface area contributed by atoms with Gasteiger partial charge in [-0.3, -0.25) is 0 Å². The Bertz CT molecular complexity index is 844. The first-order valence-electron chi connectivity index (χ1n) is 6.06. The van der Waals surface area contributed by atoms with E-state index >= 15 is 0 Å². The predicted octanol–water partition coefficient (Wildman–Crippen LogP) is 1.23. The lowest BCUT2D eigenvalue weighted by atomic mass is 10.1. The molecule has 0 radical (unpaired) electrons. The number of nitrogens with zero attached hydrogens (tertiary/aromatic N) is 4.